The molecule has 15 heavy (non-hydrogen) atoms. The molecule has 1 aromatic carbocycles. The zero-order valence-electron chi connectivity index (χ0n) is 8.11. The van der Waals surface area contributed by atoms with Gasteiger partial charge in [0.15, 0.2) is 0 Å². The Balaban J connectivity index is 2.58. The van der Waals surface area contributed by atoms with Gasteiger partial charge in [-0.3, -0.25) is 0 Å². The third-order valence-electron chi connectivity index (χ3n) is 1.96. The maximum atomic E-state index is 11.9. The van der Waals surface area contributed by atoms with Gasteiger partial charge in [-0.1, -0.05) is 28.1 Å². The molecule has 1 nitrogen and oxygen atoms in total. The molecule has 0 radical (unpaired) electrons. The van der Waals surface area contributed by atoms with E-state index in [1.54, 1.807) is 25.1 Å². The van der Waals surface area contributed by atoms with Gasteiger partial charge in [-0.25, -0.2) is 0 Å². The summed E-state index contributed by atoms with van der Waals surface area (Å²) in [7, 11) is 0. The number of rotatable bonds is 3. The van der Waals surface area contributed by atoms with Crippen LogP contribution in [0.15, 0.2) is 28.7 Å². The molecule has 0 aliphatic rings. The van der Waals surface area contributed by atoms with Crippen LogP contribution in [0, 0.1) is 0 Å². The Bertz CT molecular complexity index is 325. The Morgan fingerprint density at radius 2 is 2.07 bits per heavy atom. The zero-order chi connectivity index (χ0) is 11.5. The van der Waals surface area contributed by atoms with Crippen molar-refractivity contribution in [2.24, 2.45) is 0 Å². The van der Waals surface area contributed by atoms with E-state index in [2.05, 4.69) is 21.2 Å². The minimum atomic E-state index is -4.17. The van der Waals surface area contributed by atoms with Gasteiger partial charge in [-0.15, -0.1) is 0 Å². The van der Waals surface area contributed by atoms with Gasteiger partial charge in [-0.05, 0) is 24.6 Å². The van der Waals surface area contributed by atoms with E-state index in [1.807, 2.05) is 6.07 Å². The molecule has 0 saturated heterocycles. The molecule has 5 heteroatoms. The Morgan fingerprint density at radius 1 is 1.40 bits per heavy atom. The van der Waals surface area contributed by atoms with E-state index in [-0.39, 0.29) is 6.04 Å². The van der Waals surface area contributed by atoms with Gasteiger partial charge in [0.2, 0.25) is 0 Å². The van der Waals surface area contributed by atoms with Crippen LogP contribution in [0.2, 0.25) is 0 Å². The van der Waals surface area contributed by atoms with Crippen LogP contribution in [0.4, 0.5) is 13.2 Å². The molecule has 84 valence electrons. The molecule has 0 aliphatic carbocycles. The maximum absolute atomic E-state index is 11.9. The minimum absolute atomic E-state index is 0.316. The average molecular weight is 282 g/mol. The van der Waals surface area contributed by atoms with Gasteiger partial charge in [0.25, 0.3) is 0 Å². The van der Waals surface area contributed by atoms with Crippen LogP contribution in [0.1, 0.15) is 18.5 Å². The van der Waals surface area contributed by atoms with Crippen molar-refractivity contribution < 1.29 is 13.2 Å². The Kier molecular flexibility index (Phi) is 4.16. The first-order valence-electron chi connectivity index (χ1n) is 4.44. The number of benzene rings is 1. The number of nitrogens with one attached hydrogen (secondary N) is 1. The van der Waals surface area contributed by atoms with Crippen LogP contribution in [-0.2, 0) is 0 Å². The smallest absolute Gasteiger partial charge is 0.302 e. The molecule has 0 spiro atoms. The lowest BCUT2D eigenvalue weighted by atomic mass is 10.1. The average Bonchev–Trinajstić information content (AvgIpc) is 2.13. The van der Waals surface area contributed by atoms with Crippen LogP contribution in [0.5, 0.6) is 0 Å². The Hall–Kier alpha value is -0.550. The number of hydrogen-bond acceptors (Lipinski definition) is 1. The van der Waals surface area contributed by atoms with Gasteiger partial charge in [-0.2, -0.15) is 13.2 Å². The van der Waals surface area contributed by atoms with E-state index in [4.69, 9.17) is 0 Å². The van der Waals surface area contributed by atoms with Gasteiger partial charge in [0.1, 0.15) is 0 Å². The molecule has 0 aliphatic heterocycles. The van der Waals surface area contributed by atoms with Crippen LogP contribution >= 0.6 is 15.9 Å². The van der Waals surface area contributed by atoms with Crippen molar-refractivity contribution >= 4 is 15.9 Å². The van der Waals surface area contributed by atoms with E-state index >= 15 is 0 Å². The molecule has 0 bridgehead atoms. The second kappa shape index (κ2) is 4.99. The standard InChI is InChI=1S/C10H11BrF3N/c1-7(15-6-10(12,13)14)8-3-2-4-9(11)5-8/h2-5,7,15H,6H2,1H3/t7-/m1/s1. The lowest BCUT2D eigenvalue weighted by Crippen LogP contribution is -2.30. The second-order valence-corrected chi connectivity index (χ2v) is 4.19. The fourth-order valence-corrected chi connectivity index (χ4v) is 1.58. The van der Waals surface area contributed by atoms with Gasteiger partial charge in [0.05, 0.1) is 6.54 Å². The molecular weight excluding hydrogens is 271 g/mol. The summed E-state index contributed by atoms with van der Waals surface area (Å²) in [4.78, 5) is 0. The lowest BCUT2D eigenvalue weighted by molar-refractivity contribution is -0.126. The highest BCUT2D eigenvalue weighted by molar-refractivity contribution is 9.10. The molecule has 1 N–H and O–H groups in total. The number of halogens is 4. The fourth-order valence-electron chi connectivity index (χ4n) is 1.16. The first-order chi connectivity index (χ1) is 6.88. The molecule has 1 rings (SSSR count). The molecule has 0 heterocycles. The molecule has 1 aromatic rings. The monoisotopic (exact) mass is 281 g/mol. The van der Waals surface area contributed by atoms with Crippen molar-refractivity contribution in [2.45, 2.75) is 19.1 Å². The summed E-state index contributed by atoms with van der Waals surface area (Å²) in [5.41, 5.74) is 0.827. The van der Waals surface area contributed by atoms with E-state index in [0.29, 0.717) is 0 Å². The highest BCUT2D eigenvalue weighted by Crippen LogP contribution is 2.19. The van der Waals surface area contributed by atoms with Crippen molar-refractivity contribution in [1.82, 2.24) is 5.32 Å². The largest absolute Gasteiger partial charge is 0.401 e. The molecule has 1 atom stereocenters. The summed E-state index contributed by atoms with van der Waals surface area (Å²) in [6, 6.07) is 6.90. The van der Waals surface area contributed by atoms with E-state index < -0.39 is 12.7 Å². The fraction of sp³-hybridized carbons (Fsp3) is 0.400. The highest BCUT2D eigenvalue weighted by atomic mass is 79.9. The van der Waals surface area contributed by atoms with Gasteiger partial charge < -0.3 is 5.32 Å². The normalized spacial score (nSPS) is 13.9. The van der Waals surface area contributed by atoms with Crippen LogP contribution in [0.3, 0.4) is 0 Å². The Morgan fingerprint density at radius 3 is 2.60 bits per heavy atom. The lowest BCUT2D eigenvalue weighted by Gasteiger charge is -2.15. The molecule has 0 aromatic heterocycles. The van der Waals surface area contributed by atoms with E-state index in [1.165, 1.54) is 0 Å². The molecule has 0 fully saturated rings. The van der Waals surface area contributed by atoms with Crippen molar-refractivity contribution in [2.75, 3.05) is 6.54 Å². The third-order valence-corrected chi connectivity index (χ3v) is 2.45. The summed E-state index contributed by atoms with van der Waals surface area (Å²) >= 11 is 3.27. The third kappa shape index (κ3) is 4.66. The summed E-state index contributed by atoms with van der Waals surface area (Å²) in [6.07, 6.45) is -4.17. The quantitative estimate of drug-likeness (QED) is 0.892. The summed E-state index contributed by atoms with van der Waals surface area (Å²) in [5, 5.41) is 2.42. The second-order valence-electron chi connectivity index (χ2n) is 3.27. The summed E-state index contributed by atoms with van der Waals surface area (Å²) in [5.74, 6) is 0. The van der Waals surface area contributed by atoms with E-state index in [0.717, 1.165) is 10.0 Å². The van der Waals surface area contributed by atoms with Crippen molar-refractivity contribution in [3.05, 3.63) is 34.3 Å². The summed E-state index contributed by atoms with van der Waals surface area (Å²) in [6.45, 7) is 0.730. The summed E-state index contributed by atoms with van der Waals surface area (Å²) < 4.78 is 36.7. The van der Waals surface area contributed by atoms with Gasteiger partial charge in [0, 0.05) is 10.5 Å². The number of hydrogen-bond donors (Lipinski definition) is 1. The van der Waals surface area contributed by atoms with E-state index in [9.17, 15) is 13.2 Å². The maximum Gasteiger partial charge on any atom is 0.401 e. The van der Waals surface area contributed by atoms with Crippen molar-refractivity contribution in [3.8, 4) is 0 Å². The van der Waals surface area contributed by atoms with Crippen molar-refractivity contribution in [1.29, 1.82) is 0 Å². The molecule has 0 saturated carbocycles. The zero-order valence-corrected chi connectivity index (χ0v) is 9.69. The molecule has 0 amide bonds. The first kappa shape index (κ1) is 12.5. The minimum Gasteiger partial charge on any atom is -0.302 e. The van der Waals surface area contributed by atoms with Crippen LogP contribution < -0.4 is 5.32 Å². The number of alkyl halides is 3. The predicted octanol–water partition coefficient (Wildman–Crippen LogP) is 3.66. The van der Waals surface area contributed by atoms with Crippen LogP contribution in [-0.4, -0.2) is 12.7 Å². The van der Waals surface area contributed by atoms with Crippen molar-refractivity contribution in [3.63, 3.8) is 0 Å². The molecule has 0 unspecified atom stereocenters. The van der Waals surface area contributed by atoms with Gasteiger partial charge >= 0.3 is 6.18 Å². The first-order valence-corrected chi connectivity index (χ1v) is 5.23. The SMILES string of the molecule is C[C@@H](NCC(F)(F)F)c1cccc(Br)c1. The predicted molar refractivity (Wildman–Crippen MR) is 56.6 cm³/mol. The van der Waals surface area contributed by atoms with Crippen LogP contribution in [0.25, 0.3) is 0 Å². The molecular formula is C10H11BrF3N. The highest BCUT2D eigenvalue weighted by Gasteiger charge is 2.27. The topological polar surface area (TPSA) is 12.0 Å². The Labute approximate surface area is 94.8 Å².